The summed E-state index contributed by atoms with van der Waals surface area (Å²) in [6.07, 6.45) is 0. The first-order valence-corrected chi connectivity index (χ1v) is 9.48. The van der Waals surface area contributed by atoms with Crippen LogP contribution in [0.4, 0.5) is 0 Å². The number of pyridine rings is 1. The zero-order valence-electron chi connectivity index (χ0n) is 13.3. The maximum atomic E-state index is 12.6. The first-order chi connectivity index (χ1) is 11.7. The highest BCUT2D eigenvalue weighted by Gasteiger charge is 2.27. The van der Waals surface area contributed by atoms with Crippen molar-refractivity contribution >= 4 is 38.7 Å². The summed E-state index contributed by atoms with van der Waals surface area (Å²) in [5, 5.41) is 5.68. The van der Waals surface area contributed by atoms with Crippen LogP contribution < -0.4 is 10.5 Å². The van der Waals surface area contributed by atoms with Crippen molar-refractivity contribution in [2.75, 3.05) is 0 Å². The molecule has 0 aliphatic rings. The van der Waals surface area contributed by atoms with E-state index in [0.717, 1.165) is 17.0 Å². The predicted octanol–water partition coefficient (Wildman–Crippen LogP) is 1.23. The predicted molar refractivity (Wildman–Crippen MR) is 92.2 cm³/mol. The number of nitrogens with one attached hydrogen (secondary N) is 1. The second-order valence-corrected chi connectivity index (χ2v) is 7.90. The topological polar surface area (TPSA) is 124 Å². The van der Waals surface area contributed by atoms with Gasteiger partial charge < -0.3 is 5.73 Å². The smallest absolute Gasteiger partial charge is 0.269 e. The van der Waals surface area contributed by atoms with E-state index in [1.165, 1.54) is 11.4 Å². The van der Waals surface area contributed by atoms with E-state index in [1.807, 2.05) is 17.7 Å². The maximum Gasteiger partial charge on any atom is 0.269 e. The Bertz CT molecular complexity index is 1110. The number of aromatic nitrogens is 2. The van der Waals surface area contributed by atoms with Gasteiger partial charge in [-0.15, -0.1) is 11.3 Å². The SMILES string of the molecule is Cc1nn2c(C)cccc2c1C(=O)NS(=O)(=O)c1ccsc1C(N)=O. The molecule has 3 rings (SSSR count). The van der Waals surface area contributed by atoms with Crippen molar-refractivity contribution in [1.29, 1.82) is 0 Å². The van der Waals surface area contributed by atoms with Gasteiger partial charge in [0.05, 0.1) is 16.8 Å². The van der Waals surface area contributed by atoms with Gasteiger partial charge in [0.1, 0.15) is 9.77 Å². The molecular formula is C15H14N4O4S2. The number of fused-ring (bicyclic) bond motifs is 1. The van der Waals surface area contributed by atoms with Crippen molar-refractivity contribution in [3.8, 4) is 0 Å². The van der Waals surface area contributed by atoms with E-state index in [0.29, 0.717) is 11.2 Å². The molecule has 0 unspecified atom stereocenters. The van der Waals surface area contributed by atoms with Gasteiger partial charge in [0.15, 0.2) is 0 Å². The highest BCUT2D eigenvalue weighted by molar-refractivity contribution is 7.90. The second-order valence-electron chi connectivity index (χ2n) is 5.34. The van der Waals surface area contributed by atoms with E-state index >= 15 is 0 Å². The fourth-order valence-corrected chi connectivity index (χ4v) is 4.76. The molecule has 0 aliphatic carbocycles. The largest absolute Gasteiger partial charge is 0.365 e. The molecule has 0 aliphatic heterocycles. The third kappa shape index (κ3) is 2.89. The third-order valence-corrected chi connectivity index (χ3v) is 6.05. The second kappa shape index (κ2) is 5.97. The van der Waals surface area contributed by atoms with Gasteiger partial charge in [-0.3, -0.25) is 9.59 Å². The van der Waals surface area contributed by atoms with Gasteiger partial charge in [-0.1, -0.05) is 6.07 Å². The number of carbonyl (C=O) groups excluding carboxylic acids is 2. The third-order valence-electron chi connectivity index (χ3n) is 3.62. The molecule has 0 radical (unpaired) electrons. The molecule has 0 spiro atoms. The summed E-state index contributed by atoms with van der Waals surface area (Å²) in [7, 11) is -4.24. The van der Waals surface area contributed by atoms with Crippen LogP contribution in [-0.4, -0.2) is 29.8 Å². The molecule has 3 N–H and O–H groups in total. The van der Waals surface area contributed by atoms with E-state index in [2.05, 4.69) is 5.10 Å². The zero-order chi connectivity index (χ0) is 18.4. The van der Waals surface area contributed by atoms with Crippen molar-refractivity contribution in [2.24, 2.45) is 5.73 Å². The van der Waals surface area contributed by atoms with E-state index < -0.39 is 21.8 Å². The van der Waals surface area contributed by atoms with Crippen LogP contribution in [-0.2, 0) is 10.0 Å². The number of nitrogens with zero attached hydrogens (tertiary/aromatic N) is 2. The number of amides is 2. The zero-order valence-corrected chi connectivity index (χ0v) is 14.9. The highest BCUT2D eigenvalue weighted by Crippen LogP contribution is 2.22. The lowest BCUT2D eigenvalue weighted by atomic mass is 10.2. The van der Waals surface area contributed by atoms with Gasteiger partial charge in [-0.05, 0) is 37.4 Å². The molecule has 10 heteroatoms. The van der Waals surface area contributed by atoms with Crippen LogP contribution in [0.3, 0.4) is 0 Å². The van der Waals surface area contributed by atoms with Crippen LogP contribution in [0.25, 0.3) is 5.52 Å². The average molecular weight is 378 g/mol. The van der Waals surface area contributed by atoms with E-state index in [9.17, 15) is 18.0 Å². The summed E-state index contributed by atoms with van der Waals surface area (Å²) in [6, 6.07) is 6.48. The van der Waals surface area contributed by atoms with Crippen molar-refractivity contribution < 1.29 is 18.0 Å². The summed E-state index contributed by atoms with van der Waals surface area (Å²) in [6.45, 7) is 3.44. The molecule has 0 fully saturated rings. The molecule has 0 bridgehead atoms. The number of rotatable bonds is 4. The molecule has 8 nitrogen and oxygen atoms in total. The summed E-state index contributed by atoms with van der Waals surface area (Å²) < 4.78 is 28.5. The Labute approximate surface area is 147 Å². The number of thiophene rings is 1. The Morgan fingerprint density at radius 2 is 1.96 bits per heavy atom. The molecule has 3 aromatic heterocycles. The normalized spacial score (nSPS) is 11.6. The van der Waals surface area contributed by atoms with Crippen molar-refractivity contribution in [1.82, 2.24) is 14.3 Å². The molecule has 0 saturated carbocycles. The standard InChI is InChI=1S/C15H14N4O4S2/c1-8-4-3-5-10-12(9(2)17-19(8)10)15(21)18-25(22,23)11-6-7-24-13(11)14(16)20/h3-7H,1-2H3,(H2,16,20)(H,18,21). The molecule has 0 atom stereocenters. The molecule has 3 heterocycles. The first-order valence-electron chi connectivity index (χ1n) is 7.12. The van der Waals surface area contributed by atoms with Gasteiger partial charge in [0.25, 0.3) is 21.8 Å². The Morgan fingerprint density at radius 3 is 2.64 bits per heavy atom. The Hall–Kier alpha value is -2.72. The van der Waals surface area contributed by atoms with Gasteiger partial charge in [0.2, 0.25) is 0 Å². The summed E-state index contributed by atoms with van der Waals surface area (Å²) in [4.78, 5) is 23.5. The van der Waals surface area contributed by atoms with E-state index in [-0.39, 0.29) is 15.3 Å². The fraction of sp³-hybridized carbons (Fsp3) is 0.133. The molecule has 0 saturated heterocycles. The number of sulfonamides is 1. The monoisotopic (exact) mass is 378 g/mol. The van der Waals surface area contributed by atoms with E-state index in [4.69, 9.17) is 5.73 Å². The number of aryl methyl sites for hydroxylation is 2. The summed E-state index contributed by atoms with van der Waals surface area (Å²) in [5.41, 5.74) is 7.02. The maximum absolute atomic E-state index is 12.6. The number of carbonyl (C=O) groups is 2. The number of hydrogen-bond donors (Lipinski definition) is 2. The summed E-state index contributed by atoms with van der Waals surface area (Å²) in [5.74, 6) is -1.69. The minimum atomic E-state index is -4.24. The lowest BCUT2D eigenvalue weighted by molar-refractivity contribution is 0.0976. The van der Waals surface area contributed by atoms with Crippen LogP contribution in [0.1, 0.15) is 31.4 Å². The Morgan fingerprint density at radius 1 is 1.24 bits per heavy atom. The van der Waals surface area contributed by atoms with Gasteiger partial charge >= 0.3 is 0 Å². The Balaban J connectivity index is 2.03. The summed E-state index contributed by atoms with van der Waals surface area (Å²) >= 11 is 0.895. The van der Waals surface area contributed by atoms with Crippen LogP contribution in [0.2, 0.25) is 0 Å². The molecular weight excluding hydrogens is 364 g/mol. The lowest BCUT2D eigenvalue weighted by Crippen LogP contribution is -2.32. The molecule has 25 heavy (non-hydrogen) atoms. The molecule has 3 aromatic rings. The highest BCUT2D eigenvalue weighted by atomic mass is 32.2. The van der Waals surface area contributed by atoms with Crippen LogP contribution in [0.15, 0.2) is 34.5 Å². The fourth-order valence-electron chi connectivity index (χ4n) is 2.51. The Kier molecular flexibility index (Phi) is 4.09. The quantitative estimate of drug-likeness (QED) is 0.707. The van der Waals surface area contributed by atoms with Crippen molar-refractivity contribution in [3.05, 3.63) is 51.5 Å². The molecule has 0 aromatic carbocycles. The van der Waals surface area contributed by atoms with Gasteiger partial charge in [-0.25, -0.2) is 17.7 Å². The van der Waals surface area contributed by atoms with Gasteiger partial charge in [0, 0.05) is 5.69 Å². The number of nitrogens with two attached hydrogens (primary N) is 1. The number of hydrogen-bond acceptors (Lipinski definition) is 6. The van der Waals surface area contributed by atoms with Gasteiger partial charge in [-0.2, -0.15) is 5.10 Å². The minimum absolute atomic E-state index is 0.132. The molecule has 130 valence electrons. The van der Waals surface area contributed by atoms with Crippen LogP contribution >= 0.6 is 11.3 Å². The molecule has 2 amide bonds. The van der Waals surface area contributed by atoms with Crippen LogP contribution in [0, 0.1) is 13.8 Å². The first kappa shape index (κ1) is 17.1. The van der Waals surface area contributed by atoms with Crippen LogP contribution in [0.5, 0.6) is 0 Å². The average Bonchev–Trinajstić information content (AvgIpc) is 3.11. The number of primary amides is 1. The van der Waals surface area contributed by atoms with E-state index in [1.54, 1.807) is 23.6 Å². The lowest BCUT2D eigenvalue weighted by Gasteiger charge is -2.07. The van der Waals surface area contributed by atoms with Crippen molar-refractivity contribution in [3.63, 3.8) is 0 Å². The minimum Gasteiger partial charge on any atom is -0.365 e. The van der Waals surface area contributed by atoms with Crippen molar-refractivity contribution in [2.45, 2.75) is 18.7 Å².